The summed E-state index contributed by atoms with van der Waals surface area (Å²) in [6, 6.07) is 3.52. The van der Waals surface area contributed by atoms with E-state index in [0.29, 0.717) is 18.7 Å². The molecule has 2 atom stereocenters. The van der Waals surface area contributed by atoms with Crippen molar-refractivity contribution in [2.24, 2.45) is 0 Å². The zero-order chi connectivity index (χ0) is 16.4. The zero-order valence-electron chi connectivity index (χ0n) is 13.2. The number of likely N-dealkylation sites (N-methyl/N-ethyl adjacent to an activating group) is 1. The maximum absolute atomic E-state index is 12.4. The van der Waals surface area contributed by atoms with Crippen LogP contribution < -0.4 is 4.74 Å². The van der Waals surface area contributed by atoms with Gasteiger partial charge in [0.2, 0.25) is 5.78 Å². The molecule has 1 fully saturated rings. The van der Waals surface area contributed by atoms with Crippen LogP contribution in [0.15, 0.2) is 29.9 Å². The number of methoxy groups -OCH3 is 1. The number of aromatic hydroxyl groups is 1. The minimum Gasteiger partial charge on any atom is -0.504 e. The molecule has 1 aromatic rings. The van der Waals surface area contributed by atoms with E-state index in [1.165, 1.54) is 7.11 Å². The third-order valence-corrected chi connectivity index (χ3v) is 5.60. The Labute approximate surface area is 134 Å². The molecule has 4 rings (SSSR count). The highest BCUT2D eigenvalue weighted by Crippen LogP contribution is 2.54. The summed E-state index contributed by atoms with van der Waals surface area (Å²) in [7, 11) is 3.30. The Kier molecular flexibility index (Phi) is 2.81. The smallest absolute Gasteiger partial charge is 0.202 e. The van der Waals surface area contributed by atoms with Crippen LogP contribution in [-0.4, -0.2) is 47.3 Å². The van der Waals surface area contributed by atoms with Gasteiger partial charge < -0.3 is 14.9 Å². The first kappa shape index (κ1) is 14.5. The highest BCUT2D eigenvalue weighted by Gasteiger charge is 2.56. The highest BCUT2D eigenvalue weighted by atomic mass is 16.5. The standard InChI is InChI=1S/C18H19NO4/c1-19-6-5-17-10-18(19,22)16(21)8-12(17)4-3-11-7-14(20)15(23-2)9-13(11)17/h3-4,7-9,20,22H,5-6,10H2,1-2H3/t17-,18-/m1/s1. The van der Waals surface area contributed by atoms with Crippen LogP contribution in [0.3, 0.4) is 0 Å². The molecule has 1 spiro atoms. The normalized spacial score (nSPS) is 32.1. The summed E-state index contributed by atoms with van der Waals surface area (Å²) in [6.45, 7) is 0.621. The van der Waals surface area contributed by atoms with Gasteiger partial charge >= 0.3 is 0 Å². The Morgan fingerprint density at radius 1 is 1.30 bits per heavy atom. The van der Waals surface area contributed by atoms with Crippen molar-refractivity contribution in [1.29, 1.82) is 0 Å². The predicted octanol–water partition coefficient (Wildman–Crippen LogP) is 1.59. The summed E-state index contributed by atoms with van der Waals surface area (Å²) in [5.74, 6) is 0.242. The average molecular weight is 313 g/mol. The predicted molar refractivity (Wildman–Crippen MR) is 85.3 cm³/mol. The second-order valence-electron chi connectivity index (χ2n) is 6.66. The number of phenolic OH excluding ortho intramolecular Hbond substituents is 1. The Bertz CT molecular complexity index is 781. The molecule has 2 N–H and O–H groups in total. The number of carbonyl (C=O) groups is 1. The summed E-state index contributed by atoms with van der Waals surface area (Å²) >= 11 is 0. The summed E-state index contributed by atoms with van der Waals surface area (Å²) < 4.78 is 5.26. The summed E-state index contributed by atoms with van der Waals surface area (Å²) in [4.78, 5) is 14.1. The molecule has 1 heterocycles. The zero-order valence-corrected chi connectivity index (χ0v) is 13.2. The maximum atomic E-state index is 12.4. The van der Waals surface area contributed by atoms with Gasteiger partial charge in [-0.25, -0.2) is 0 Å². The van der Waals surface area contributed by atoms with Gasteiger partial charge in [-0.3, -0.25) is 9.69 Å². The van der Waals surface area contributed by atoms with Crippen molar-refractivity contribution in [3.05, 3.63) is 41.0 Å². The van der Waals surface area contributed by atoms with Crippen molar-refractivity contribution in [3.63, 3.8) is 0 Å². The van der Waals surface area contributed by atoms with E-state index in [1.807, 2.05) is 18.2 Å². The molecule has 2 bridgehead atoms. The van der Waals surface area contributed by atoms with Gasteiger partial charge in [-0.1, -0.05) is 12.2 Å². The molecule has 5 heteroatoms. The number of nitrogens with zero attached hydrogens (tertiary/aromatic N) is 1. The number of ketones is 1. The van der Waals surface area contributed by atoms with Crippen LogP contribution in [0, 0.1) is 0 Å². The largest absolute Gasteiger partial charge is 0.504 e. The Hall–Kier alpha value is -2.11. The number of allylic oxidation sites excluding steroid dienone is 2. The molecule has 3 aliphatic rings. The molecule has 120 valence electrons. The number of fused-ring (bicyclic) bond motifs is 2. The first-order chi connectivity index (χ1) is 10.9. The number of hydrogen-bond donors (Lipinski definition) is 2. The van der Waals surface area contributed by atoms with Gasteiger partial charge in [-0.15, -0.1) is 0 Å². The van der Waals surface area contributed by atoms with Crippen LogP contribution in [0.4, 0.5) is 0 Å². The van der Waals surface area contributed by atoms with E-state index in [1.54, 1.807) is 24.1 Å². The van der Waals surface area contributed by atoms with Gasteiger partial charge in [0, 0.05) is 18.4 Å². The maximum Gasteiger partial charge on any atom is 0.202 e. The fraction of sp³-hybridized carbons (Fsp3) is 0.389. The third-order valence-electron chi connectivity index (χ3n) is 5.60. The molecular weight excluding hydrogens is 294 g/mol. The quantitative estimate of drug-likeness (QED) is 0.824. The first-order valence-electron chi connectivity index (χ1n) is 7.70. The second kappa shape index (κ2) is 4.46. The van der Waals surface area contributed by atoms with Crippen LogP contribution >= 0.6 is 0 Å². The molecule has 0 radical (unpaired) electrons. The van der Waals surface area contributed by atoms with Crippen LogP contribution in [0.5, 0.6) is 11.5 Å². The van der Waals surface area contributed by atoms with Gasteiger partial charge in [0.05, 0.1) is 7.11 Å². The Morgan fingerprint density at radius 3 is 2.83 bits per heavy atom. The van der Waals surface area contributed by atoms with Crippen molar-refractivity contribution in [3.8, 4) is 11.5 Å². The van der Waals surface area contributed by atoms with Crippen LogP contribution in [0.1, 0.15) is 24.0 Å². The molecule has 1 saturated heterocycles. The number of likely N-dealkylation sites (tertiary alicyclic amines) is 1. The monoisotopic (exact) mass is 313 g/mol. The molecule has 0 aromatic heterocycles. The van der Waals surface area contributed by atoms with E-state index >= 15 is 0 Å². The lowest BCUT2D eigenvalue weighted by molar-refractivity contribution is -0.168. The molecule has 23 heavy (non-hydrogen) atoms. The Balaban J connectivity index is 1.98. The van der Waals surface area contributed by atoms with Gasteiger partial charge in [0.15, 0.2) is 17.2 Å². The van der Waals surface area contributed by atoms with E-state index in [0.717, 1.165) is 23.1 Å². The minimum absolute atomic E-state index is 0.0924. The van der Waals surface area contributed by atoms with E-state index in [9.17, 15) is 15.0 Å². The number of piperidine rings is 1. The summed E-state index contributed by atoms with van der Waals surface area (Å²) in [5, 5.41) is 20.9. The number of phenols is 1. The van der Waals surface area contributed by atoms with Gasteiger partial charge in [-0.2, -0.15) is 0 Å². The number of hydrogen-bond acceptors (Lipinski definition) is 5. The number of aliphatic hydroxyl groups is 1. The highest BCUT2D eigenvalue weighted by molar-refractivity contribution is 6.00. The molecule has 5 nitrogen and oxygen atoms in total. The molecule has 1 aliphatic heterocycles. The topological polar surface area (TPSA) is 70.0 Å². The third kappa shape index (κ3) is 1.72. The molecule has 0 amide bonds. The first-order valence-corrected chi connectivity index (χ1v) is 7.70. The number of ether oxygens (including phenoxy) is 1. The lowest BCUT2D eigenvalue weighted by atomic mass is 9.58. The van der Waals surface area contributed by atoms with Crippen molar-refractivity contribution < 1.29 is 19.7 Å². The van der Waals surface area contributed by atoms with E-state index < -0.39 is 11.1 Å². The van der Waals surface area contributed by atoms with Gasteiger partial charge in [0.25, 0.3) is 0 Å². The summed E-state index contributed by atoms with van der Waals surface area (Å²) in [6.07, 6.45) is 6.53. The van der Waals surface area contributed by atoms with Crippen molar-refractivity contribution in [1.82, 2.24) is 4.90 Å². The fourth-order valence-electron chi connectivity index (χ4n) is 4.18. The molecular formula is C18H19NO4. The lowest BCUT2D eigenvalue weighted by Gasteiger charge is -2.54. The van der Waals surface area contributed by atoms with E-state index in [4.69, 9.17) is 4.74 Å². The fourth-order valence-corrected chi connectivity index (χ4v) is 4.18. The minimum atomic E-state index is -1.46. The summed E-state index contributed by atoms with van der Waals surface area (Å²) in [5.41, 5.74) is 0.956. The second-order valence-corrected chi connectivity index (χ2v) is 6.66. The number of benzene rings is 1. The molecule has 2 aliphatic carbocycles. The van der Waals surface area contributed by atoms with Crippen molar-refractivity contribution in [2.45, 2.75) is 24.0 Å². The van der Waals surface area contributed by atoms with Gasteiger partial charge in [0.1, 0.15) is 0 Å². The van der Waals surface area contributed by atoms with Gasteiger partial charge in [-0.05, 0) is 48.4 Å². The van der Waals surface area contributed by atoms with Crippen LogP contribution in [0.25, 0.3) is 6.08 Å². The average Bonchev–Trinajstić information content (AvgIpc) is 2.53. The Morgan fingerprint density at radius 2 is 2.09 bits per heavy atom. The lowest BCUT2D eigenvalue weighted by Crippen LogP contribution is -2.63. The molecule has 0 unspecified atom stereocenters. The van der Waals surface area contributed by atoms with E-state index in [-0.39, 0.29) is 11.5 Å². The molecule has 0 saturated carbocycles. The number of rotatable bonds is 1. The van der Waals surface area contributed by atoms with E-state index in [2.05, 4.69) is 0 Å². The van der Waals surface area contributed by atoms with Crippen molar-refractivity contribution in [2.75, 3.05) is 20.7 Å². The van der Waals surface area contributed by atoms with Crippen LogP contribution in [0.2, 0.25) is 0 Å². The van der Waals surface area contributed by atoms with Crippen molar-refractivity contribution >= 4 is 11.9 Å². The SMILES string of the molecule is COc1cc2c(cc1O)C=CC1=CC(=O)[C@]3(O)C[C@]12CCN3C. The number of carbonyl (C=O) groups excluding carboxylic acids is 1. The van der Waals surface area contributed by atoms with Crippen LogP contribution in [-0.2, 0) is 10.2 Å². The molecule has 1 aromatic carbocycles.